The minimum atomic E-state index is -0.0495. The summed E-state index contributed by atoms with van der Waals surface area (Å²) in [5, 5.41) is 7.20. The summed E-state index contributed by atoms with van der Waals surface area (Å²) in [6, 6.07) is 10.4. The zero-order valence-electron chi connectivity index (χ0n) is 17.9. The molecular weight excluding hydrogens is 490 g/mol. The Bertz CT molecular complexity index is 832. The number of carbonyl (C=O) groups excluding carboxylic acids is 2. The summed E-state index contributed by atoms with van der Waals surface area (Å²) in [4.78, 5) is 24.1. The molecule has 0 atom stereocenters. The minimum Gasteiger partial charge on any atom is -0.325 e. The lowest BCUT2D eigenvalue weighted by molar-refractivity contribution is -0.117. The van der Waals surface area contributed by atoms with Gasteiger partial charge in [0.2, 0.25) is 11.8 Å². The fourth-order valence-corrected chi connectivity index (χ4v) is 3.95. The monoisotopic (exact) mass is 516 g/mol. The first-order valence-electron chi connectivity index (χ1n) is 10.9. The fourth-order valence-electron chi connectivity index (χ4n) is 3.26. The van der Waals surface area contributed by atoms with E-state index in [-0.39, 0.29) is 11.8 Å². The molecule has 0 fully saturated rings. The van der Waals surface area contributed by atoms with E-state index in [0.29, 0.717) is 44.3 Å². The third-order valence-corrected chi connectivity index (χ3v) is 6.65. The van der Waals surface area contributed by atoms with Gasteiger partial charge in [-0.05, 0) is 37.1 Å². The Balaban J connectivity index is 1.46. The molecule has 2 aromatic rings. The van der Waals surface area contributed by atoms with Crippen molar-refractivity contribution in [2.24, 2.45) is 0 Å². The molecule has 0 aliphatic heterocycles. The highest BCUT2D eigenvalue weighted by molar-refractivity contribution is 6.44. The third-order valence-electron chi connectivity index (χ3n) is 5.01. The maximum absolute atomic E-state index is 12.0. The summed E-state index contributed by atoms with van der Waals surface area (Å²) in [5.41, 5.74) is 1.10. The average Bonchev–Trinajstić information content (AvgIpc) is 2.76. The second-order valence-electron chi connectivity index (χ2n) is 7.63. The van der Waals surface area contributed by atoms with Gasteiger partial charge in [0.25, 0.3) is 0 Å². The van der Waals surface area contributed by atoms with Gasteiger partial charge in [0.15, 0.2) is 0 Å². The van der Waals surface area contributed by atoms with Crippen molar-refractivity contribution in [2.45, 2.75) is 64.2 Å². The summed E-state index contributed by atoms with van der Waals surface area (Å²) < 4.78 is 0. The molecule has 32 heavy (non-hydrogen) atoms. The van der Waals surface area contributed by atoms with Crippen molar-refractivity contribution in [1.82, 2.24) is 0 Å². The van der Waals surface area contributed by atoms with Crippen LogP contribution in [0.5, 0.6) is 0 Å². The van der Waals surface area contributed by atoms with Gasteiger partial charge in [0.05, 0.1) is 31.5 Å². The number of halogens is 4. The van der Waals surface area contributed by atoms with Crippen molar-refractivity contribution < 1.29 is 9.59 Å². The predicted octanol–water partition coefficient (Wildman–Crippen LogP) is 8.78. The van der Waals surface area contributed by atoms with Gasteiger partial charge >= 0.3 is 0 Å². The lowest BCUT2D eigenvalue weighted by Crippen LogP contribution is -2.11. The van der Waals surface area contributed by atoms with E-state index in [0.717, 1.165) is 51.4 Å². The van der Waals surface area contributed by atoms with Crippen molar-refractivity contribution in [3.8, 4) is 0 Å². The number of hydrogen-bond donors (Lipinski definition) is 2. The topological polar surface area (TPSA) is 58.2 Å². The van der Waals surface area contributed by atoms with Crippen LogP contribution in [-0.2, 0) is 9.59 Å². The van der Waals surface area contributed by atoms with Crippen LogP contribution in [0, 0.1) is 0 Å². The van der Waals surface area contributed by atoms with Gasteiger partial charge < -0.3 is 10.6 Å². The number of carbonyl (C=O) groups is 2. The molecule has 0 saturated heterocycles. The first-order chi connectivity index (χ1) is 15.4. The molecule has 174 valence electrons. The van der Waals surface area contributed by atoms with Crippen LogP contribution >= 0.6 is 46.4 Å². The second kappa shape index (κ2) is 14.6. The van der Waals surface area contributed by atoms with Gasteiger partial charge in [-0.15, -0.1) is 0 Å². The summed E-state index contributed by atoms with van der Waals surface area (Å²) in [6.07, 6.45) is 9.10. The van der Waals surface area contributed by atoms with Crippen molar-refractivity contribution in [2.75, 3.05) is 10.6 Å². The molecule has 8 heteroatoms. The van der Waals surface area contributed by atoms with Crippen molar-refractivity contribution in [1.29, 1.82) is 0 Å². The first kappa shape index (κ1) is 26.8. The Morgan fingerprint density at radius 2 is 0.906 bits per heavy atom. The molecule has 0 heterocycles. The summed E-state index contributed by atoms with van der Waals surface area (Å²) in [5.74, 6) is -0.0991. The number of amides is 2. The largest absolute Gasteiger partial charge is 0.325 e. The number of hydrogen-bond acceptors (Lipinski definition) is 2. The van der Waals surface area contributed by atoms with E-state index in [9.17, 15) is 9.59 Å². The van der Waals surface area contributed by atoms with Crippen LogP contribution in [0.4, 0.5) is 11.4 Å². The molecule has 0 unspecified atom stereocenters. The molecule has 2 aromatic carbocycles. The standard InChI is InChI=1S/C24H28Cl4N2O2/c25-17-11-9-13-19(23(17)27)29-21(31)15-7-5-3-1-2-4-6-8-16-22(32)30-20-14-10-12-18(26)24(20)28/h9-14H,1-8,15-16H2,(H,29,31)(H,30,32). The molecule has 0 aliphatic carbocycles. The maximum atomic E-state index is 12.0. The average molecular weight is 518 g/mol. The number of anilines is 2. The van der Waals surface area contributed by atoms with Gasteiger partial charge in [-0.1, -0.05) is 97.1 Å². The van der Waals surface area contributed by atoms with Crippen molar-refractivity contribution >= 4 is 69.6 Å². The van der Waals surface area contributed by atoms with Crippen molar-refractivity contribution in [3.05, 3.63) is 56.5 Å². The Kier molecular flexibility index (Phi) is 12.3. The van der Waals surface area contributed by atoms with Crippen LogP contribution in [0.15, 0.2) is 36.4 Å². The molecule has 0 radical (unpaired) electrons. The molecule has 4 nitrogen and oxygen atoms in total. The van der Waals surface area contributed by atoms with Gasteiger partial charge in [0, 0.05) is 12.8 Å². The Morgan fingerprint density at radius 3 is 1.28 bits per heavy atom. The quantitative estimate of drug-likeness (QED) is 0.261. The highest BCUT2D eigenvalue weighted by Gasteiger charge is 2.09. The predicted molar refractivity (Wildman–Crippen MR) is 136 cm³/mol. The maximum Gasteiger partial charge on any atom is 0.224 e. The Labute approximate surface area is 210 Å². The zero-order valence-corrected chi connectivity index (χ0v) is 20.9. The van der Waals surface area contributed by atoms with E-state index in [1.165, 1.54) is 0 Å². The van der Waals surface area contributed by atoms with Crippen LogP contribution < -0.4 is 10.6 Å². The lowest BCUT2D eigenvalue weighted by atomic mass is 10.1. The molecule has 0 bridgehead atoms. The summed E-state index contributed by atoms with van der Waals surface area (Å²) in [6.45, 7) is 0. The summed E-state index contributed by atoms with van der Waals surface area (Å²) >= 11 is 24.1. The Hall–Kier alpha value is -1.46. The van der Waals surface area contributed by atoms with E-state index in [1.54, 1.807) is 36.4 Å². The van der Waals surface area contributed by atoms with E-state index < -0.39 is 0 Å². The minimum absolute atomic E-state index is 0.0495. The van der Waals surface area contributed by atoms with Gasteiger partial charge in [-0.25, -0.2) is 0 Å². The highest BCUT2D eigenvalue weighted by atomic mass is 35.5. The lowest BCUT2D eigenvalue weighted by Gasteiger charge is -2.08. The highest BCUT2D eigenvalue weighted by Crippen LogP contribution is 2.30. The van der Waals surface area contributed by atoms with Crippen LogP contribution in [0.3, 0.4) is 0 Å². The van der Waals surface area contributed by atoms with Crippen molar-refractivity contribution in [3.63, 3.8) is 0 Å². The summed E-state index contributed by atoms with van der Waals surface area (Å²) in [7, 11) is 0. The first-order valence-corrected chi connectivity index (χ1v) is 12.4. The van der Waals surface area contributed by atoms with Gasteiger partial charge in [-0.2, -0.15) is 0 Å². The fraction of sp³-hybridized carbons (Fsp3) is 0.417. The number of rotatable bonds is 13. The molecule has 0 aliphatic rings. The van der Waals surface area contributed by atoms with Crippen LogP contribution in [0.25, 0.3) is 0 Å². The third kappa shape index (κ3) is 9.58. The van der Waals surface area contributed by atoms with E-state index in [2.05, 4.69) is 10.6 Å². The Morgan fingerprint density at radius 1 is 0.562 bits per heavy atom. The van der Waals surface area contributed by atoms with Gasteiger partial charge in [0.1, 0.15) is 0 Å². The molecule has 0 saturated carbocycles. The normalized spacial score (nSPS) is 10.8. The number of benzene rings is 2. The molecular formula is C24H28Cl4N2O2. The molecule has 2 rings (SSSR count). The SMILES string of the molecule is O=C(CCCCCCCCCCC(=O)Nc1cccc(Cl)c1Cl)Nc1cccc(Cl)c1Cl. The molecule has 2 N–H and O–H groups in total. The van der Waals surface area contributed by atoms with Crippen LogP contribution in [0.1, 0.15) is 64.2 Å². The number of nitrogens with one attached hydrogen (secondary N) is 2. The number of unbranched alkanes of at least 4 members (excludes halogenated alkanes) is 7. The van der Waals surface area contributed by atoms with Crippen LogP contribution in [0.2, 0.25) is 20.1 Å². The van der Waals surface area contributed by atoms with E-state index >= 15 is 0 Å². The van der Waals surface area contributed by atoms with E-state index in [1.807, 2.05) is 0 Å². The molecule has 2 amide bonds. The second-order valence-corrected chi connectivity index (χ2v) is 9.20. The zero-order chi connectivity index (χ0) is 23.3. The van der Waals surface area contributed by atoms with Crippen LogP contribution in [-0.4, -0.2) is 11.8 Å². The molecule has 0 aromatic heterocycles. The van der Waals surface area contributed by atoms with E-state index in [4.69, 9.17) is 46.4 Å². The molecule has 0 spiro atoms. The smallest absolute Gasteiger partial charge is 0.224 e. The van der Waals surface area contributed by atoms with Gasteiger partial charge in [-0.3, -0.25) is 9.59 Å².